The maximum atomic E-state index is 11.3. The van der Waals surface area contributed by atoms with Gasteiger partial charge in [-0.25, -0.2) is 9.68 Å². The molecule has 0 atom stereocenters. The fourth-order valence-electron chi connectivity index (χ4n) is 1.24. The van der Waals surface area contributed by atoms with Crippen LogP contribution in [0.1, 0.15) is 5.56 Å². The first-order valence-electron chi connectivity index (χ1n) is 5.52. The van der Waals surface area contributed by atoms with E-state index in [1.165, 1.54) is 19.3 Å². The van der Waals surface area contributed by atoms with Crippen molar-refractivity contribution in [1.82, 2.24) is 0 Å². The molecule has 21 heavy (non-hydrogen) atoms. The third-order valence-electron chi connectivity index (χ3n) is 2.09. The van der Waals surface area contributed by atoms with E-state index in [0.29, 0.717) is 10.5 Å². The molecule has 7 heteroatoms. The third-order valence-corrected chi connectivity index (χ3v) is 2.81. The molecule has 1 aromatic carbocycles. The zero-order chi connectivity index (χ0) is 15.7. The van der Waals surface area contributed by atoms with Crippen LogP contribution in [0, 0.1) is 22.7 Å². The van der Waals surface area contributed by atoms with E-state index in [1.54, 1.807) is 24.3 Å². The summed E-state index contributed by atoms with van der Waals surface area (Å²) in [6.45, 7) is 3.31. The van der Waals surface area contributed by atoms with Crippen molar-refractivity contribution in [3.8, 4) is 17.9 Å². The number of nitrogens with zero attached hydrogens (tertiary/aromatic N) is 2. The summed E-state index contributed by atoms with van der Waals surface area (Å²) in [6, 6.07) is 8.24. The lowest BCUT2D eigenvalue weighted by Gasteiger charge is -2.08. The Hall–Kier alpha value is -2.58. The van der Waals surface area contributed by atoms with Crippen LogP contribution in [0.5, 0.6) is 5.75 Å². The molecule has 0 fully saturated rings. The number of nitriles is 2. The Labute approximate surface area is 126 Å². The number of esters is 1. The van der Waals surface area contributed by atoms with Crippen LogP contribution in [-0.4, -0.2) is 13.1 Å². The number of rotatable bonds is 6. The minimum atomic E-state index is -0.642. The number of allylic oxidation sites excluding steroid dienone is 1. The van der Waals surface area contributed by atoms with Gasteiger partial charge in [-0.2, -0.15) is 14.9 Å². The van der Waals surface area contributed by atoms with Crippen molar-refractivity contribution in [1.29, 1.82) is 10.5 Å². The molecular formula is C14H10N2O4S. The number of carbonyl (C=O) groups excluding carboxylic acids is 1. The zero-order valence-corrected chi connectivity index (χ0v) is 11.8. The standard InChI is InChI=1S/C14H10N2O4S/c1-3-14(17)19-12-7-10(6-11(8-15)9-16)4-5-13(12)21-20-18-2/h3-7H,1H2,2H3. The zero-order valence-electron chi connectivity index (χ0n) is 11.0. The highest BCUT2D eigenvalue weighted by atomic mass is 32.2. The van der Waals surface area contributed by atoms with E-state index in [4.69, 9.17) is 19.6 Å². The fourth-order valence-corrected chi connectivity index (χ4v) is 1.69. The van der Waals surface area contributed by atoms with Gasteiger partial charge in [-0.3, -0.25) is 0 Å². The molecule has 0 heterocycles. The minimum Gasteiger partial charge on any atom is -0.422 e. The molecule has 0 radical (unpaired) electrons. The van der Waals surface area contributed by atoms with Crippen LogP contribution < -0.4 is 4.74 Å². The predicted molar refractivity (Wildman–Crippen MR) is 75.4 cm³/mol. The first kappa shape index (κ1) is 16.5. The summed E-state index contributed by atoms with van der Waals surface area (Å²) in [4.78, 5) is 16.3. The van der Waals surface area contributed by atoms with Gasteiger partial charge in [0.1, 0.15) is 23.5 Å². The van der Waals surface area contributed by atoms with Gasteiger partial charge in [-0.1, -0.05) is 12.6 Å². The SMILES string of the molecule is C=CC(=O)Oc1cc(C=C(C#N)C#N)ccc1SOOC. The summed E-state index contributed by atoms with van der Waals surface area (Å²) >= 11 is 0.854. The summed E-state index contributed by atoms with van der Waals surface area (Å²) in [7, 11) is 1.34. The number of hydrogen-bond acceptors (Lipinski definition) is 7. The van der Waals surface area contributed by atoms with Crippen molar-refractivity contribution in [2.24, 2.45) is 0 Å². The maximum absolute atomic E-state index is 11.3. The van der Waals surface area contributed by atoms with Crippen LogP contribution in [0.25, 0.3) is 6.08 Å². The lowest BCUT2D eigenvalue weighted by molar-refractivity contribution is -0.160. The summed E-state index contributed by atoms with van der Waals surface area (Å²) < 4.78 is 9.79. The van der Waals surface area contributed by atoms with Crippen molar-refractivity contribution >= 4 is 24.1 Å². The van der Waals surface area contributed by atoms with Gasteiger partial charge in [-0.15, -0.1) is 0 Å². The van der Waals surface area contributed by atoms with Gasteiger partial charge in [0.05, 0.1) is 24.0 Å². The molecule has 0 saturated heterocycles. The topological polar surface area (TPSA) is 92.3 Å². The van der Waals surface area contributed by atoms with E-state index >= 15 is 0 Å². The summed E-state index contributed by atoms with van der Waals surface area (Å²) in [5, 5.41) is 17.5. The third kappa shape index (κ3) is 5.13. The van der Waals surface area contributed by atoms with Gasteiger partial charge in [-0.05, 0) is 23.8 Å². The Morgan fingerprint density at radius 2 is 2.10 bits per heavy atom. The van der Waals surface area contributed by atoms with E-state index in [9.17, 15) is 4.79 Å². The first-order chi connectivity index (χ1) is 10.1. The summed E-state index contributed by atoms with van der Waals surface area (Å²) in [5.74, 6) is -0.442. The molecule has 0 aliphatic rings. The van der Waals surface area contributed by atoms with Crippen molar-refractivity contribution in [2.45, 2.75) is 4.90 Å². The maximum Gasteiger partial charge on any atom is 0.335 e. The number of hydrogen-bond donors (Lipinski definition) is 0. The highest BCUT2D eigenvalue weighted by Crippen LogP contribution is 2.32. The second-order valence-electron chi connectivity index (χ2n) is 3.43. The Kier molecular flexibility index (Phi) is 6.72. The Morgan fingerprint density at radius 1 is 1.38 bits per heavy atom. The lowest BCUT2D eigenvalue weighted by atomic mass is 10.1. The van der Waals surface area contributed by atoms with Gasteiger partial charge < -0.3 is 4.74 Å². The molecule has 0 aliphatic heterocycles. The molecule has 0 aliphatic carbocycles. The quantitative estimate of drug-likeness (QED) is 0.152. The molecular weight excluding hydrogens is 292 g/mol. The van der Waals surface area contributed by atoms with Gasteiger partial charge in [0.15, 0.2) is 0 Å². The van der Waals surface area contributed by atoms with Crippen LogP contribution in [0.15, 0.2) is 41.3 Å². The molecule has 0 amide bonds. The highest BCUT2D eigenvalue weighted by molar-refractivity contribution is 7.94. The highest BCUT2D eigenvalue weighted by Gasteiger charge is 2.10. The van der Waals surface area contributed by atoms with Gasteiger partial charge in [0.2, 0.25) is 0 Å². The molecule has 6 nitrogen and oxygen atoms in total. The second kappa shape index (κ2) is 8.56. The average Bonchev–Trinajstić information content (AvgIpc) is 2.51. The van der Waals surface area contributed by atoms with E-state index in [2.05, 4.69) is 11.5 Å². The van der Waals surface area contributed by atoms with E-state index in [1.807, 2.05) is 0 Å². The second-order valence-corrected chi connectivity index (χ2v) is 4.17. The normalized spacial score (nSPS) is 9.10. The molecule has 1 aromatic rings. The van der Waals surface area contributed by atoms with Crippen LogP contribution in [0.4, 0.5) is 0 Å². The number of carbonyl (C=O) groups is 1. The predicted octanol–water partition coefficient (Wildman–Crippen LogP) is 2.79. The fraction of sp³-hybridized carbons (Fsp3) is 0.0714. The monoisotopic (exact) mass is 302 g/mol. The molecule has 0 bridgehead atoms. The Bertz CT molecular complexity index is 640. The smallest absolute Gasteiger partial charge is 0.335 e. The Morgan fingerprint density at radius 3 is 2.67 bits per heavy atom. The van der Waals surface area contributed by atoms with Crippen LogP contribution in [0.2, 0.25) is 0 Å². The molecule has 0 aromatic heterocycles. The van der Waals surface area contributed by atoms with E-state index in [-0.39, 0.29) is 11.3 Å². The van der Waals surface area contributed by atoms with Crippen LogP contribution in [-0.2, 0) is 14.0 Å². The summed E-state index contributed by atoms with van der Waals surface area (Å²) in [6.07, 6.45) is 2.39. The van der Waals surface area contributed by atoms with E-state index < -0.39 is 5.97 Å². The number of benzene rings is 1. The summed E-state index contributed by atoms with van der Waals surface area (Å²) in [5.41, 5.74) is 0.464. The first-order valence-corrected chi connectivity index (χ1v) is 6.26. The van der Waals surface area contributed by atoms with Gasteiger partial charge >= 0.3 is 5.97 Å². The molecule has 0 N–H and O–H groups in total. The minimum absolute atomic E-state index is 0.0652. The van der Waals surface area contributed by atoms with Crippen molar-refractivity contribution in [3.63, 3.8) is 0 Å². The molecule has 106 valence electrons. The van der Waals surface area contributed by atoms with E-state index in [0.717, 1.165) is 18.1 Å². The molecule has 0 spiro atoms. The Balaban J connectivity index is 3.17. The van der Waals surface area contributed by atoms with Crippen molar-refractivity contribution in [3.05, 3.63) is 42.0 Å². The average molecular weight is 302 g/mol. The van der Waals surface area contributed by atoms with Crippen molar-refractivity contribution < 1.29 is 18.8 Å². The van der Waals surface area contributed by atoms with Gasteiger partial charge in [0, 0.05) is 6.08 Å². The molecule has 1 rings (SSSR count). The van der Waals surface area contributed by atoms with Crippen molar-refractivity contribution in [2.75, 3.05) is 7.11 Å². The largest absolute Gasteiger partial charge is 0.422 e. The van der Waals surface area contributed by atoms with Crippen LogP contribution in [0.3, 0.4) is 0 Å². The molecule has 0 unspecified atom stereocenters. The number of ether oxygens (including phenoxy) is 1. The molecule has 0 saturated carbocycles. The van der Waals surface area contributed by atoms with Crippen LogP contribution >= 0.6 is 12.0 Å². The lowest BCUT2D eigenvalue weighted by Crippen LogP contribution is -2.04. The van der Waals surface area contributed by atoms with Gasteiger partial charge in [0.25, 0.3) is 0 Å².